The first kappa shape index (κ1) is 8.11. The first-order chi connectivity index (χ1) is 4.93. The Bertz CT molecular complexity index is 220. The van der Waals surface area contributed by atoms with E-state index in [1.807, 2.05) is 20.8 Å². The molecule has 0 radical (unpaired) electrons. The van der Waals surface area contributed by atoms with Gasteiger partial charge in [0.25, 0.3) is 0 Å². The molecular formula is C8H12O3. The fourth-order valence-electron chi connectivity index (χ4n) is 0.969. The Hall–Kier alpha value is -0.990. The van der Waals surface area contributed by atoms with E-state index in [1.165, 1.54) is 0 Å². The Kier molecular flexibility index (Phi) is 1.66. The van der Waals surface area contributed by atoms with Crippen LogP contribution in [0.25, 0.3) is 0 Å². The predicted octanol–water partition coefficient (Wildman–Crippen LogP) is 1.40. The van der Waals surface area contributed by atoms with Crippen molar-refractivity contribution in [1.82, 2.24) is 0 Å². The number of aliphatic hydroxyl groups is 1. The number of cyclic esters (lactones) is 1. The second-order valence-corrected chi connectivity index (χ2v) is 3.65. The SMILES string of the molecule is CC(C)(C)C1=C(O)C(=O)OC1. The molecule has 1 rings (SSSR count). The number of aliphatic hydroxyl groups excluding tert-OH is 1. The van der Waals surface area contributed by atoms with Gasteiger partial charge in [0.2, 0.25) is 5.76 Å². The highest BCUT2D eigenvalue weighted by atomic mass is 16.6. The smallest absolute Gasteiger partial charge is 0.373 e. The normalized spacial score (nSPS) is 19.0. The van der Waals surface area contributed by atoms with Crippen LogP contribution < -0.4 is 0 Å². The Labute approximate surface area is 65.7 Å². The third-order valence-corrected chi connectivity index (χ3v) is 1.73. The van der Waals surface area contributed by atoms with Crippen LogP contribution in [0, 0.1) is 5.41 Å². The molecule has 1 N–H and O–H groups in total. The van der Waals surface area contributed by atoms with Gasteiger partial charge in [-0.3, -0.25) is 0 Å². The molecule has 0 saturated heterocycles. The van der Waals surface area contributed by atoms with Crippen LogP contribution >= 0.6 is 0 Å². The van der Waals surface area contributed by atoms with Gasteiger partial charge in [0.15, 0.2) is 0 Å². The van der Waals surface area contributed by atoms with Crippen LogP contribution in [0.5, 0.6) is 0 Å². The molecule has 62 valence electrons. The van der Waals surface area contributed by atoms with Crippen LogP contribution in [-0.4, -0.2) is 17.7 Å². The van der Waals surface area contributed by atoms with Gasteiger partial charge in [0, 0.05) is 5.57 Å². The number of hydrogen-bond acceptors (Lipinski definition) is 3. The number of ether oxygens (including phenoxy) is 1. The average Bonchev–Trinajstić information content (AvgIpc) is 2.11. The summed E-state index contributed by atoms with van der Waals surface area (Å²) in [6.07, 6.45) is 0. The molecule has 0 aromatic rings. The molecule has 0 aromatic heterocycles. The summed E-state index contributed by atoms with van der Waals surface area (Å²) in [5, 5.41) is 9.20. The predicted molar refractivity (Wildman–Crippen MR) is 40.1 cm³/mol. The maximum Gasteiger partial charge on any atom is 0.373 e. The zero-order valence-corrected chi connectivity index (χ0v) is 6.97. The maximum atomic E-state index is 10.7. The van der Waals surface area contributed by atoms with Crippen molar-refractivity contribution in [3.8, 4) is 0 Å². The second kappa shape index (κ2) is 2.26. The summed E-state index contributed by atoms with van der Waals surface area (Å²) in [6, 6.07) is 0. The van der Waals surface area contributed by atoms with E-state index < -0.39 is 5.97 Å². The molecule has 0 atom stereocenters. The fourth-order valence-corrected chi connectivity index (χ4v) is 0.969. The molecule has 11 heavy (non-hydrogen) atoms. The van der Waals surface area contributed by atoms with Crippen LogP contribution in [0.1, 0.15) is 20.8 Å². The molecule has 3 heteroatoms. The molecule has 0 fully saturated rings. The van der Waals surface area contributed by atoms with Crippen molar-refractivity contribution in [2.75, 3.05) is 6.61 Å². The van der Waals surface area contributed by atoms with Crippen molar-refractivity contribution in [2.24, 2.45) is 5.41 Å². The minimum absolute atomic E-state index is 0.184. The molecule has 0 bridgehead atoms. The lowest BCUT2D eigenvalue weighted by molar-refractivity contribution is -0.138. The molecule has 1 aliphatic rings. The van der Waals surface area contributed by atoms with E-state index in [2.05, 4.69) is 4.74 Å². The third kappa shape index (κ3) is 1.37. The van der Waals surface area contributed by atoms with Gasteiger partial charge >= 0.3 is 5.97 Å². The van der Waals surface area contributed by atoms with Crippen LogP contribution in [0.3, 0.4) is 0 Å². The third-order valence-electron chi connectivity index (χ3n) is 1.73. The summed E-state index contributed by atoms with van der Waals surface area (Å²) in [5.74, 6) is -0.813. The van der Waals surface area contributed by atoms with Crippen LogP contribution in [0.4, 0.5) is 0 Å². The van der Waals surface area contributed by atoms with Crippen molar-refractivity contribution in [3.63, 3.8) is 0 Å². The highest BCUT2D eigenvalue weighted by Crippen LogP contribution is 2.31. The summed E-state index contributed by atoms with van der Waals surface area (Å²) >= 11 is 0. The highest BCUT2D eigenvalue weighted by molar-refractivity contribution is 5.89. The Balaban J connectivity index is 2.98. The van der Waals surface area contributed by atoms with E-state index in [-0.39, 0.29) is 17.8 Å². The Morgan fingerprint density at radius 3 is 2.18 bits per heavy atom. The van der Waals surface area contributed by atoms with Gasteiger partial charge in [-0.15, -0.1) is 0 Å². The van der Waals surface area contributed by atoms with Crippen molar-refractivity contribution in [1.29, 1.82) is 0 Å². The van der Waals surface area contributed by atoms with Gasteiger partial charge in [0.05, 0.1) is 0 Å². The van der Waals surface area contributed by atoms with E-state index in [0.29, 0.717) is 5.57 Å². The second-order valence-electron chi connectivity index (χ2n) is 3.65. The number of esters is 1. The van der Waals surface area contributed by atoms with E-state index in [0.717, 1.165) is 0 Å². The molecule has 1 heterocycles. The van der Waals surface area contributed by atoms with Gasteiger partial charge < -0.3 is 9.84 Å². The highest BCUT2D eigenvalue weighted by Gasteiger charge is 2.31. The van der Waals surface area contributed by atoms with Crippen molar-refractivity contribution < 1.29 is 14.6 Å². The van der Waals surface area contributed by atoms with Gasteiger partial charge in [-0.2, -0.15) is 0 Å². The molecular weight excluding hydrogens is 144 g/mol. The lowest BCUT2D eigenvalue weighted by Gasteiger charge is -2.17. The molecule has 0 unspecified atom stereocenters. The first-order valence-electron chi connectivity index (χ1n) is 3.52. The van der Waals surface area contributed by atoms with E-state index in [9.17, 15) is 9.90 Å². The standard InChI is InChI=1S/C8H12O3/c1-8(2,3)5-4-11-7(10)6(5)9/h9H,4H2,1-3H3. The summed E-state index contributed by atoms with van der Waals surface area (Å²) in [6.45, 7) is 6.02. The van der Waals surface area contributed by atoms with Gasteiger partial charge in [-0.1, -0.05) is 20.8 Å². The Morgan fingerprint density at radius 1 is 1.45 bits per heavy atom. The topological polar surface area (TPSA) is 46.5 Å². The summed E-state index contributed by atoms with van der Waals surface area (Å²) in [5.41, 5.74) is 0.499. The van der Waals surface area contributed by atoms with Crippen molar-refractivity contribution in [2.45, 2.75) is 20.8 Å². The van der Waals surface area contributed by atoms with Crippen LogP contribution in [0.2, 0.25) is 0 Å². The Morgan fingerprint density at radius 2 is 2.00 bits per heavy atom. The molecule has 3 nitrogen and oxygen atoms in total. The van der Waals surface area contributed by atoms with Crippen molar-refractivity contribution >= 4 is 5.97 Å². The first-order valence-corrected chi connectivity index (χ1v) is 3.52. The number of carbonyl (C=O) groups is 1. The maximum absolute atomic E-state index is 10.7. The molecule has 0 aliphatic carbocycles. The summed E-state index contributed by atoms with van der Waals surface area (Å²) in [4.78, 5) is 10.7. The number of hydrogen-bond donors (Lipinski definition) is 1. The van der Waals surface area contributed by atoms with E-state index >= 15 is 0 Å². The fraction of sp³-hybridized carbons (Fsp3) is 0.625. The molecule has 0 spiro atoms. The molecule has 0 saturated carbocycles. The lowest BCUT2D eigenvalue weighted by Crippen LogP contribution is -2.12. The average molecular weight is 156 g/mol. The lowest BCUT2D eigenvalue weighted by atomic mass is 9.87. The zero-order valence-electron chi connectivity index (χ0n) is 6.97. The largest absolute Gasteiger partial charge is 0.502 e. The van der Waals surface area contributed by atoms with E-state index in [4.69, 9.17) is 0 Å². The zero-order chi connectivity index (χ0) is 8.65. The molecule has 1 aliphatic heterocycles. The van der Waals surface area contributed by atoms with Gasteiger partial charge in [-0.25, -0.2) is 4.79 Å². The number of rotatable bonds is 0. The summed E-state index contributed by atoms with van der Waals surface area (Å²) < 4.78 is 4.64. The minimum atomic E-state index is -0.602. The van der Waals surface area contributed by atoms with Gasteiger partial charge in [-0.05, 0) is 5.41 Å². The number of carbonyl (C=O) groups excluding carboxylic acids is 1. The minimum Gasteiger partial charge on any atom is -0.502 e. The molecule has 0 amide bonds. The van der Waals surface area contributed by atoms with Crippen LogP contribution in [-0.2, 0) is 9.53 Å². The molecule has 0 aromatic carbocycles. The van der Waals surface area contributed by atoms with Crippen LogP contribution in [0.15, 0.2) is 11.3 Å². The van der Waals surface area contributed by atoms with Gasteiger partial charge in [0.1, 0.15) is 6.61 Å². The van der Waals surface area contributed by atoms with E-state index in [1.54, 1.807) is 0 Å². The monoisotopic (exact) mass is 156 g/mol. The summed E-state index contributed by atoms with van der Waals surface area (Å²) in [7, 11) is 0. The quantitative estimate of drug-likeness (QED) is 0.539. The van der Waals surface area contributed by atoms with Crippen molar-refractivity contribution in [3.05, 3.63) is 11.3 Å².